The number of allylic oxidation sites excluding steroid dienone is 1. The Balaban J connectivity index is 1.51. The number of likely N-dealkylation sites (tertiary alicyclic amines) is 2. The maximum atomic E-state index is 13.6. The van der Waals surface area contributed by atoms with Crippen molar-refractivity contribution in [3.05, 3.63) is 41.7 Å². The van der Waals surface area contributed by atoms with Crippen LogP contribution in [-0.2, 0) is 14.3 Å². The lowest BCUT2D eigenvalue weighted by atomic mass is 9.80. The highest BCUT2D eigenvalue weighted by atomic mass is 16.7. The molecule has 7 heteroatoms. The van der Waals surface area contributed by atoms with Crippen molar-refractivity contribution in [1.82, 2.24) is 9.80 Å². The monoisotopic (exact) mass is 486 g/mol. The fourth-order valence-corrected chi connectivity index (χ4v) is 5.84. The van der Waals surface area contributed by atoms with E-state index < -0.39 is 6.29 Å². The lowest BCUT2D eigenvalue weighted by Crippen LogP contribution is -2.49. The first-order valence-corrected chi connectivity index (χ1v) is 13.4. The second-order valence-corrected chi connectivity index (χ2v) is 9.92. The van der Waals surface area contributed by atoms with Gasteiger partial charge in [0, 0.05) is 44.2 Å². The van der Waals surface area contributed by atoms with Crippen LogP contribution >= 0.6 is 0 Å². The van der Waals surface area contributed by atoms with Crippen LogP contribution < -0.4 is 4.74 Å². The van der Waals surface area contributed by atoms with Gasteiger partial charge in [-0.1, -0.05) is 18.6 Å². The molecule has 3 aliphatic heterocycles. The highest BCUT2D eigenvalue weighted by molar-refractivity contribution is 5.92. The molecular formula is C28H42N2O5. The molecule has 0 radical (unpaired) electrons. The maximum Gasteiger partial charge on any atom is 0.288 e. The van der Waals surface area contributed by atoms with Gasteiger partial charge in [-0.3, -0.25) is 4.79 Å². The number of hydrogen-bond donors (Lipinski definition) is 1. The third-order valence-corrected chi connectivity index (χ3v) is 7.78. The summed E-state index contributed by atoms with van der Waals surface area (Å²) >= 11 is 0. The van der Waals surface area contributed by atoms with E-state index in [4.69, 9.17) is 14.2 Å². The molecule has 2 fully saturated rings. The SMILES string of the molecule is CCO[C@H]1OC(C(=O)N2CCC(N3CCCCC3)CC2)=C[C@@H](c2ccc(OC)cc2)[C@@H]1CCCO. The zero-order valence-electron chi connectivity index (χ0n) is 21.4. The topological polar surface area (TPSA) is 71.5 Å². The molecule has 7 nitrogen and oxygen atoms in total. The molecule has 0 unspecified atom stereocenters. The lowest BCUT2D eigenvalue weighted by molar-refractivity contribution is -0.171. The van der Waals surface area contributed by atoms with Gasteiger partial charge in [0.25, 0.3) is 5.91 Å². The second kappa shape index (κ2) is 12.7. The summed E-state index contributed by atoms with van der Waals surface area (Å²) in [5.41, 5.74) is 1.09. The van der Waals surface area contributed by atoms with Gasteiger partial charge in [0.15, 0.2) is 5.76 Å². The number of aliphatic hydroxyl groups is 1. The number of carbonyl (C=O) groups is 1. The van der Waals surface area contributed by atoms with Gasteiger partial charge in [0.2, 0.25) is 6.29 Å². The molecule has 1 N–H and O–H groups in total. The fourth-order valence-electron chi connectivity index (χ4n) is 5.84. The molecule has 1 aromatic rings. The van der Waals surface area contributed by atoms with E-state index in [1.54, 1.807) is 7.11 Å². The van der Waals surface area contributed by atoms with E-state index in [1.165, 1.54) is 32.4 Å². The number of carbonyl (C=O) groups excluding carboxylic acids is 1. The summed E-state index contributed by atoms with van der Waals surface area (Å²) in [6.45, 7) is 6.48. The van der Waals surface area contributed by atoms with Crippen LogP contribution in [-0.4, -0.2) is 79.6 Å². The molecule has 0 bridgehead atoms. The van der Waals surface area contributed by atoms with Gasteiger partial charge in [-0.15, -0.1) is 0 Å². The minimum Gasteiger partial charge on any atom is -0.497 e. The molecule has 194 valence electrons. The molecule has 35 heavy (non-hydrogen) atoms. The van der Waals surface area contributed by atoms with Crippen molar-refractivity contribution in [3.8, 4) is 5.75 Å². The summed E-state index contributed by atoms with van der Waals surface area (Å²) < 4.78 is 17.6. The van der Waals surface area contributed by atoms with Crippen molar-refractivity contribution in [2.45, 2.75) is 70.1 Å². The van der Waals surface area contributed by atoms with E-state index in [0.717, 1.165) is 43.7 Å². The molecule has 4 rings (SSSR count). The van der Waals surface area contributed by atoms with Crippen LogP contribution in [0.25, 0.3) is 0 Å². The molecule has 3 aliphatic rings. The van der Waals surface area contributed by atoms with Gasteiger partial charge < -0.3 is 29.1 Å². The van der Waals surface area contributed by atoms with Gasteiger partial charge in [0.1, 0.15) is 5.75 Å². The van der Waals surface area contributed by atoms with Gasteiger partial charge in [-0.2, -0.15) is 0 Å². The van der Waals surface area contributed by atoms with E-state index in [-0.39, 0.29) is 24.3 Å². The predicted octanol–water partition coefficient (Wildman–Crippen LogP) is 3.92. The van der Waals surface area contributed by atoms with Crippen molar-refractivity contribution < 1.29 is 24.1 Å². The van der Waals surface area contributed by atoms with Gasteiger partial charge in [-0.05, 0) is 82.3 Å². The second-order valence-electron chi connectivity index (χ2n) is 9.92. The molecule has 3 heterocycles. The molecule has 2 saturated heterocycles. The zero-order chi connectivity index (χ0) is 24.6. The zero-order valence-corrected chi connectivity index (χ0v) is 21.4. The number of hydrogen-bond acceptors (Lipinski definition) is 6. The number of piperidine rings is 2. The molecule has 0 spiro atoms. The Hall–Kier alpha value is -2.09. The standard InChI is InChI=1S/C28H42N2O5/c1-3-34-28-24(8-7-19-31)25(21-9-11-23(33-2)12-10-21)20-26(35-28)27(32)30-17-13-22(14-18-30)29-15-5-4-6-16-29/h9-12,20,22,24-25,28,31H,3-8,13-19H2,1-2H3/t24-,25-,28-/m0/s1. The van der Waals surface area contributed by atoms with Crippen LogP contribution in [0.3, 0.4) is 0 Å². The Morgan fingerprint density at radius 2 is 1.80 bits per heavy atom. The molecule has 1 aromatic carbocycles. The van der Waals surface area contributed by atoms with Crippen molar-refractivity contribution in [3.63, 3.8) is 0 Å². The minimum atomic E-state index is -0.520. The minimum absolute atomic E-state index is 0.0110. The highest BCUT2D eigenvalue weighted by Gasteiger charge is 2.39. The van der Waals surface area contributed by atoms with Crippen LogP contribution in [0.1, 0.15) is 63.4 Å². The van der Waals surface area contributed by atoms with Gasteiger partial charge in [0.05, 0.1) is 7.11 Å². The summed E-state index contributed by atoms with van der Waals surface area (Å²) in [5, 5.41) is 9.49. The molecular weight excluding hydrogens is 444 g/mol. The molecule has 1 amide bonds. The number of amides is 1. The first-order valence-electron chi connectivity index (χ1n) is 13.4. The summed E-state index contributed by atoms with van der Waals surface area (Å²) in [5.74, 6) is 1.12. The number of nitrogens with zero attached hydrogens (tertiary/aromatic N) is 2. The van der Waals surface area contributed by atoms with Crippen LogP contribution in [0.4, 0.5) is 0 Å². The van der Waals surface area contributed by atoms with Crippen LogP contribution in [0.2, 0.25) is 0 Å². The molecule has 3 atom stereocenters. The average molecular weight is 487 g/mol. The van der Waals surface area contributed by atoms with Crippen molar-refractivity contribution in [2.24, 2.45) is 5.92 Å². The summed E-state index contributed by atoms with van der Waals surface area (Å²) in [7, 11) is 1.66. The van der Waals surface area contributed by atoms with E-state index in [2.05, 4.69) is 4.90 Å². The van der Waals surface area contributed by atoms with Gasteiger partial charge in [-0.25, -0.2) is 0 Å². The van der Waals surface area contributed by atoms with Crippen LogP contribution in [0.5, 0.6) is 5.75 Å². The summed E-state index contributed by atoms with van der Waals surface area (Å²) in [6, 6.07) is 8.58. The summed E-state index contributed by atoms with van der Waals surface area (Å²) in [6.07, 6.45) is 8.85. The Morgan fingerprint density at radius 3 is 2.43 bits per heavy atom. The Kier molecular flexibility index (Phi) is 9.46. The van der Waals surface area contributed by atoms with E-state index in [9.17, 15) is 9.90 Å². The third kappa shape index (κ3) is 6.38. The summed E-state index contributed by atoms with van der Waals surface area (Å²) in [4.78, 5) is 18.2. The Bertz CT molecular complexity index is 828. The maximum absolute atomic E-state index is 13.6. The van der Waals surface area contributed by atoms with E-state index >= 15 is 0 Å². The largest absolute Gasteiger partial charge is 0.497 e. The van der Waals surface area contributed by atoms with E-state index in [0.29, 0.717) is 24.8 Å². The Morgan fingerprint density at radius 1 is 1.09 bits per heavy atom. The van der Waals surface area contributed by atoms with Crippen molar-refractivity contribution in [2.75, 3.05) is 46.5 Å². The van der Waals surface area contributed by atoms with Crippen LogP contribution in [0.15, 0.2) is 36.1 Å². The number of benzene rings is 1. The third-order valence-electron chi connectivity index (χ3n) is 7.78. The predicted molar refractivity (Wildman–Crippen MR) is 135 cm³/mol. The van der Waals surface area contributed by atoms with Crippen LogP contribution in [0, 0.1) is 5.92 Å². The number of rotatable bonds is 9. The molecule has 0 saturated carbocycles. The number of methoxy groups -OCH3 is 1. The van der Waals surface area contributed by atoms with Crippen molar-refractivity contribution >= 4 is 5.91 Å². The van der Waals surface area contributed by atoms with Gasteiger partial charge >= 0.3 is 0 Å². The lowest BCUT2D eigenvalue weighted by Gasteiger charge is -2.41. The Labute approximate surface area is 210 Å². The molecule has 0 aromatic heterocycles. The first kappa shape index (κ1) is 26.0. The number of aliphatic hydroxyl groups excluding tert-OH is 1. The average Bonchev–Trinajstić information content (AvgIpc) is 2.92. The highest BCUT2D eigenvalue weighted by Crippen LogP contribution is 2.40. The fraction of sp³-hybridized carbons (Fsp3) is 0.679. The number of ether oxygens (including phenoxy) is 3. The molecule has 0 aliphatic carbocycles. The normalized spacial score (nSPS) is 26.2. The first-order chi connectivity index (χ1) is 17.1. The van der Waals surface area contributed by atoms with Crippen molar-refractivity contribution in [1.29, 1.82) is 0 Å². The smallest absolute Gasteiger partial charge is 0.288 e. The quantitative estimate of drug-likeness (QED) is 0.571. The van der Waals surface area contributed by atoms with E-state index in [1.807, 2.05) is 42.2 Å².